The van der Waals surface area contributed by atoms with Crippen LogP contribution in [0.15, 0.2) is 58.4 Å². The van der Waals surface area contributed by atoms with Gasteiger partial charge >= 0.3 is 0 Å². The number of aliphatic imine (C=N–C) groups is 1. The summed E-state index contributed by atoms with van der Waals surface area (Å²) in [4.78, 5) is 4.06. The van der Waals surface area contributed by atoms with Gasteiger partial charge in [-0.25, -0.2) is 8.42 Å². The minimum atomic E-state index is -3.62. The molecular formula is C14H14ClN3O2S. The van der Waals surface area contributed by atoms with Crippen LogP contribution in [0.25, 0.3) is 0 Å². The SMILES string of the molecule is NC=NCc1ccc(NS(=O)(=O)c2ccc(Cl)cc2)cc1. The molecule has 2 rings (SSSR count). The monoisotopic (exact) mass is 323 g/mol. The van der Waals surface area contributed by atoms with E-state index in [1.54, 1.807) is 24.3 Å². The summed E-state index contributed by atoms with van der Waals surface area (Å²) >= 11 is 5.75. The first-order valence-corrected chi connectivity index (χ1v) is 7.95. The fourth-order valence-electron chi connectivity index (χ4n) is 1.66. The third-order valence-electron chi connectivity index (χ3n) is 2.71. The molecule has 3 N–H and O–H groups in total. The highest BCUT2D eigenvalue weighted by Crippen LogP contribution is 2.18. The zero-order valence-electron chi connectivity index (χ0n) is 11.0. The van der Waals surface area contributed by atoms with Gasteiger partial charge in [-0.2, -0.15) is 0 Å². The summed E-state index contributed by atoms with van der Waals surface area (Å²) in [5.41, 5.74) is 6.59. The number of halogens is 1. The number of nitrogens with two attached hydrogens (primary N) is 1. The maximum absolute atomic E-state index is 12.2. The van der Waals surface area contributed by atoms with Gasteiger partial charge in [0.1, 0.15) is 0 Å². The van der Waals surface area contributed by atoms with Gasteiger partial charge in [-0.15, -0.1) is 0 Å². The normalized spacial score (nSPS) is 11.7. The van der Waals surface area contributed by atoms with Crippen LogP contribution in [0.3, 0.4) is 0 Å². The Hall–Kier alpha value is -2.05. The van der Waals surface area contributed by atoms with Crippen molar-refractivity contribution in [1.29, 1.82) is 0 Å². The summed E-state index contributed by atoms with van der Waals surface area (Å²) in [6.07, 6.45) is 1.23. The summed E-state index contributed by atoms with van der Waals surface area (Å²) in [6, 6.07) is 12.9. The molecule has 0 aliphatic heterocycles. The summed E-state index contributed by atoms with van der Waals surface area (Å²) < 4.78 is 26.9. The minimum Gasteiger partial charge on any atom is -0.390 e. The van der Waals surface area contributed by atoms with Crippen LogP contribution in [0.4, 0.5) is 5.69 Å². The molecule has 2 aromatic carbocycles. The van der Waals surface area contributed by atoms with E-state index >= 15 is 0 Å². The third kappa shape index (κ3) is 4.21. The highest BCUT2D eigenvalue weighted by atomic mass is 35.5. The lowest BCUT2D eigenvalue weighted by molar-refractivity contribution is 0.601. The number of nitrogens with one attached hydrogen (secondary N) is 1. The van der Waals surface area contributed by atoms with E-state index < -0.39 is 10.0 Å². The molecule has 0 radical (unpaired) electrons. The molecule has 110 valence electrons. The number of sulfonamides is 1. The number of benzene rings is 2. The van der Waals surface area contributed by atoms with Gasteiger partial charge in [0.2, 0.25) is 0 Å². The Labute approximate surface area is 128 Å². The number of nitrogens with zero attached hydrogens (tertiary/aromatic N) is 1. The predicted molar refractivity (Wildman–Crippen MR) is 85.1 cm³/mol. The van der Waals surface area contributed by atoms with Crippen molar-refractivity contribution < 1.29 is 8.42 Å². The third-order valence-corrected chi connectivity index (χ3v) is 4.36. The maximum Gasteiger partial charge on any atom is 0.261 e. The van der Waals surface area contributed by atoms with Crippen LogP contribution in [0.2, 0.25) is 5.02 Å². The molecule has 0 saturated heterocycles. The quantitative estimate of drug-likeness (QED) is 0.655. The molecule has 0 fully saturated rings. The molecule has 0 amide bonds. The van der Waals surface area contributed by atoms with Gasteiger partial charge in [0, 0.05) is 10.7 Å². The fourth-order valence-corrected chi connectivity index (χ4v) is 2.85. The number of hydrogen-bond donors (Lipinski definition) is 2. The van der Waals surface area contributed by atoms with Crippen LogP contribution in [0, 0.1) is 0 Å². The van der Waals surface area contributed by atoms with Crippen molar-refractivity contribution >= 4 is 33.7 Å². The first kappa shape index (κ1) is 15.3. The Kier molecular flexibility index (Phi) is 4.82. The van der Waals surface area contributed by atoms with E-state index in [-0.39, 0.29) is 4.90 Å². The first-order chi connectivity index (χ1) is 10.0. The van der Waals surface area contributed by atoms with Crippen molar-refractivity contribution in [2.45, 2.75) is 11.4 Å². The Balaban J connectivity index is 2.15. The van der Waals surface area contributed by atoms with Gasteiger partial charge in [0.15, 0.2) is 0 Å². The van der Waals surface area contributed by atoms with E-state index in [0.29, 0.717) is 17.3 Å². The maximum atomic E-state index is 12.2. The Morgan fingerprint density at radius 2 is 1.71 bits per heavy atom. The van der Waals surface area contributed by atoms with Crippen molar-refractivity contribution in [3.05, 3.63) is 59.1 Å². The minimum absolute atomic E-state index is 0.156. The second-order valence-corrected chi connectivity index (χ2v) is 6.36. The van der Waals surface area contributed by atoms with E-state index in [2.05, 4.69) is 9.71 Å². The molecule has 0 bridgehead atoms. The number of hydrogen-bond acceptors (Lipinski definition) is 3. The van der Waals surface area contributed by atoms with Crippen LogP contribution in [0.1, 0.15) is 5.56 Å². The summed E-state index contributed by atoms with van der Waals surface area (Å²) in [5, 5.41) is 0.485. The van der Waals surface area contributed by atoms with Gasteiger partial charge < -0.3 is 5.73 Å². The molecule has 0 atom stereocenters. The van der Waals surface area contributed by atoms with Crippen LogP contribution in [-0.2, 0) is 16.6 Å². The summed E-state index contributed by atoms with van der Waals surface area (Å²) in [7, 11) is -3.62. The fraction of sp³-hybridized carbons (Fsp3) is 0.0714. The molecule has 0 aromatic heterocycles. The second kappa shape index (κ2) is 6.60. The van der Waals surface area contributed by atoms with Gasteiger partial charge in [-0.1, -0.05) is 23.7 Å². The van der Waals surface area contributed by atoms with Crippen molar-refractivity contribution in [3.63, 3.8) is 0 Å². The van der Waals surface area contributed by atoms with Crippen LogP contribution < -0.4 is 10.5 Å². The van der Waals surface area contributed by atoms with Crippen molar-refractivity contribution in [2.75, 3.05) is 4.72 Å². The lowest BCUT2D eigenvalue weighted by atomic mass is 10.2. The zero-order chi connectivity index (χ0) is 15.3. The van der Waals surface area contributed by atoms with Gasteiger partial charge in [0.05, 0.1) is 17.8 Å². The van der Waals surface area contributed by atoms with Crippen molar-refractivity contribution in [2.24, 2.45) is 10.7 Å². The lowest BCUT2D eigenvalue weighted by Gasteiger charge is -2.08. The van der Waals surface area contributed by atoms with E-state index in [1.807, 2.05) is 0 Å². The Morgan fingerprint density at radius 3 is 2.29 bits per heavy atom. The van der Waals surface area contributed by atoms with Crippen molar-refractivity contribution in [1.82, 2.24) is 0 Å². The van der Waals surface area contributed by atoms with Crippen LogP contribution in [0.5, 0.6) is 0 Å². The molecule has 0 unspecified atom stereocenters. The van der Waals surface area contributed by atoms with Crippen LogP contribution >= 0.6 is 11.6 Å². The molecule has 7 heteroatoms. The van der Waals surface area contributed by atoms with Crippen LogP contribution in [-0.4, -0.2) is 14.8 Å². The van der Waals surface area contributed by atoms with Gasteiger partial charge in [-0.3, -0.25) is 9.71 Å². The first-order valence-electron chi connectivity index (χ1n) is 6.08. The largest absolute Gasteiger partial charge is 0.390 e. The highest BCUT2D eigenvalue weighted by Gasteiger charge is 2.13. The molecule has 5 nitrogen and oxygen atoms in total. The second-order valence-electron chi connectivity index (χ2n) is 4.25. The number of rotatable bonds is 5. The van der Waals surface area contributed by atoms with E-state index in [4.69, 9.17) is 17.3 Å². The molecule has 21 heavy (non-hydrogen) atoms. The summed E-state index contributed by atoms with van der Waals surface area (Å²) in [5.74, 6) is 0. The Bertz CT molecular complexity index is 726. The predicted octanol–water partition coefficient (Wildman–Crippen LogP) is 2.63. The molecule has 0 saturated carbocycles. The van der Waals surface area contributed by atoms with E-state index in [0.717, 1.165) is 5.56 Å². The molecule has 0 aliphatic rings. The highest BCUT2D eigenvalue weighted by molar-refractivity contribution is 7.92. The average molecular weight is 324 g/mol. The van der Waals surface area contributed by atoms with E-state index in [9.17, 15) is 8.42 Å². The van der Waals surface area contributed by atoms with E-state index in [1.165, 1.54) is 30.6 Å². The molecule has 2 aromatic rings. The van der Waals surface area contributed by atoms with Gasteiger partial charge in [-0.05, 0) is 42.0 Å². The van der Waals surface area contributed by atoms with Crippen molar-refractivity contribution in [3.8, 4) is 0 Å². The molecule has 0 spiro atoms. The molecule has 0 aliphatic carbocycles. The molecular weight excluding hydrogens is 310 g/mol. The smallest absolute Gasteiger partial charge is 0.261 e. The Morgan fingerprint density at radius 1 is 1.10 bits per heavy atom. The van der Waals surface area contributed by atoms with Gasteiger partial charge in [0.25, 0.3) is 10.0 Å². The lowest BCUT2D eigenvalue weighted by Crippen LogP contribution is -2.12. The molecule has 0 heterocycles. The standard InChI is InChI=1S/C14H14ClN3O2S/c15-12-3-7-14(8-4-12)21(19,20)18-13-5-1-11(2-6-13)9-17-10-16/h1-8,10,18H,9H2,(H2,16,17). The zero-order valence-corrected chi connectivity index (χ0v) is 12.6. The topological polar surface area (TPSA) is 84.5 Å². The number of anilines is 1. The average Bonchev–Trinajstić information content (AvgIpc) is 2.47. The summed E-state index contributed by atoms with van der Waals surface area (Å²) in [6.45, 7) is 0.459.